The van der Waals surface area contributed by atoms with E-state index in [0.717, 1.165) is 24.3 Å². The van der Waals surface area contributed by atoms with E-state index in [-0.39, 0.29) is 0 Å². The zero-order chi connectivity index (χ0) is 11.0. The Morgan fingerprint density at radius 1 is 1.00 bits per heavy atom. The van der Waals surface area contributed by atoms with Gasteiger partial charge in [0.25, 0.3) is 0 Å². The number of rotatable bonds is 8. The van der Waals surface area contributed by atoms with Crippen molar-refractivity contribution in [2.45, 2.75) is 59.8 Å². The standard InChI is InChI=1S/C13H29N/c1-5-12(6-2)13(7-3)11(4)9-8-10-14/h11-13H,5-10,14H2,1-4H3. The molecular weight excluding hydrogens is 170 g/mol. The molecule has 0 aliphatic rings. The van der Waals surface area contributed by atoms with E-state index >= 15 is 0 Å². The maximum atomic E-state index is 5.56. The van der Waals surface area contributed by atoms with Gasteiger partial charge in [-0.25, -0.2) is 0 Å². The Hall–Kier alpha value is -0.0400. The van der Waals surface area contributed by atoms with E-state index < -0.39 is 0 Å². The summed E-state index contributed by atoms with van der Waals surface area (Å²) in [6, 6.07) is 0. The van der Waals surface area contributed by atoms with Crippen LogP contribution >= 0.6 is 0 Å². The zero-order valence-electron chi connectivity index (χ0n) is 10.6. The minimum absolute atomic E-state index is 0.851. The third-order valence-electron chi connectivity index (χ3n) is 3.72. The van der Waals surface area contributed by atoms with Gasteiger partial charge in [-0.1, -0.05) is 47.0 Å². The molecule has 2 N–H and O–H groups in total. The maximum Gasteiger partial charge on any atom is -0.00772 e. The van der Waals surface area contributed by atoms with Crippen molar-refractivity contribution in [2.75, 3.05) is 6.54 Å². The van der Waals surface area contributed by atoms with Gasteiger partial charge in [-0.15, -0.1) is 0 Å². The van der Waals surface area contributed by atoms with Gasteiger partial charge < -0.3 is 5.73 Å². The van der Waals surface area contributed by atoms with Crippen molar-refractivity contribution in [1.82, 2.24) is 0 Å². The SMILES string of the molecule is CCC(CC)C(CC)C(C)CCCN. The monoisotopic (exact) mass is 199 g/mol. The second-order valence-electron chi connectivity index (χ2n) is 4.56. The van der Waals surface area contributed by atoms with Crippen LogP contribution in [0.3, 0.4) is 0 Å². The summed E-state index contributed by atoms with van der Waals surface area (Å²) in [6.45, 7) is 10.2. The molecule has 2 unspecified atom stereocenters. The molecule has 86 valence electrons. The fourth-order valence-electron chi connectivity index (χ4n) is 2.75. The Morgan fingerprint density at radius 3 is 1.93 bits per heavy atom. The van der Waals surface area contributed by atoms with Gasteiger partial charge in [-0.3, -0.25) is 0 Å². The van der Waals surface area contributed by atoms with Crippen LogP contribution in [0.15, 0.2) is 0 Å². The zero-order valence-corrected chi connectivity index (χ0v) is 10.6. The van der Waals surface area contributed by atoms with Crippen LogP contribution in [0.2, 0.25) is 0 Å². The number of hydrogen-bond acceptors (Lipinski definition) is 1. The van der Waals surface area contributed by atoms with Crippen molar-refractivity contribution >= 4 is 0 Å². The molecular formula is C13H29N. The smallest absolute Gasteiger partial charge is 0.00772 e. The van der Waals surface area contributed by atoms with Gasteiger partial charge in [-0.05, 0) is 37.1 Å². The molecule has 0 heterocycles. The minimum atomic E-state index is 0.851. The summed E-state index contributed by atoms with van der Waals surface area (Å²) in [5.41, 5.74) is 5.56. The molecule has 0 amide bonds. The van der Waals surface area contributed by atoms with E-state index in [9.17, 15) is 0 Å². The molecule has 0 saturated carbocycles. The minimum Gasteiger partial charge on any atom is -0.330 e. The molecule has 0 aliphatic carbocycles. The molecule has 0 rings (SSSR count). The Kier molecular flexibility index (Phi) is 8.26. The van der Waals surface area contributed by atoms with Crippen molar-refractivity contribution in [3.63, 3.8) is 0 Å². The molecule has 1 nitrogen and oxygen atoms in total. The van der Waals surface area contributed by atoms with Crippen LogP contribution in [0.4, 0.5) is 0 Å². The van der Waals surface area contributed by atoms with E-state index in [0.29, 0.717) is 0 Å². The summed E-state index contributed by atoms with van der Waals surface area (Å²) < 4.78 is 0. The van der Waals surface area contributed by atoms with Crippen LogP contribution in [0.1, 0.15) is 59.8 Å². The van der Waals surface area contributed by atoms with Gasteiger partial charge in [0.1, 0.15) is 0 Å². The molecule has 0 aromatic carbocycles. The summed E-state index contributed by atoms with van der Waals surface area (Å²) >= 11 is 0. The van der Waals surface area contributed by atoms with E-state index in [1.54, 1.807) is 0 Å². The average Bonchev–Trinajstić information content (AvgIpc) is 2.22. The van der Waals surface area contributed by atoms with Crippen LogP contribution in [0.5, 0.6) is 0 Å². The van der Waals surface area contributed by atoms with E-state index in [4.69, 9.17) is 5.73 Å². The van der Waals surface area contributed by atoms with Crippen molar-refractivity contribution in [3.8, 4) is 0 Å². The van der Waals surface area contributed by atoms with E-state index in [2.05, 4.69) is 27.7 Å². The number of nitrogens with two attached hydrogens (primary N) is 1. The lowest BCUT2D eigenvalue weighted by Crippen LogP contribution is -2.21. The van der Waals surface area contributed by atoms with Crippen molar-refractivity contribution in [3.05, 3.63) is 0 Å². The first-order valence-electron chi connectivity index (χ1n) is 6.41. The van der Waals surface area contributed by atoms with Gasteiger partial charge in [0.15, 0.2) is 0 Å². The lowest BCUT2D eigenvalue weighted by molar-refractivity contribution is 0.208. The second-order valence-corrected chi connectivity index (χ2v) is 4.56. The van der Waals surface area contributed by atoms with Gasteiger partial charge in [0.05, 0.1) is 0 Å². The molecule has 0 bridgehead atoms. The molecule has 14 heavy (non-hydrogen) atoms. The highest BCUT2D eigenvalue weighted by Crippen LogP contribution is 2.31. The predicted octanol–water partition coefficient (Wildman–Crippen LogP) is 3.82. The lowest BCUT2D eigenvalue weighted by atomic mass is 9.76. The largest absolute Gasteiger partial charge is 0.330 e. The summed E-state index contributed by atoms with van der Waals surface area (Å²) in [7, 11) is 0. The van der Waals surface area contributed by atoms with Crippen molar-refractivity contribution in [1.29, 1.82) is 0 Å². The van der Waals surface area contributed by atoms with Crippen LogP contribution < -0.4 is 5.73 Å². The van der Waals surface area contributed by atoms with Crippen LogP contribution in [-0.4, -0.2) is 6.54 Å². The summed E-state index contributed by atoms with van der Waals surface area (Å²) in [5.74, 6) is 2.69. The third-order valence-corrected chi connectivity index (χ3v) is 3.72. The Morgan fingerprint density at radius 2 is 1.57 bits per heavy atom. The van der Waals surface area contributed by atoms with Crippen molar-refractivity contribution in [2.24, 2.45) is 23.5 Å². The second kappa shape index (κ2) is 8.28. The normalized spacial score (nSPS) is 15.9. The van der Waals surface area contributed by atoms with E-state index in [1.165, 1.54) is 32.1 Å². The first-order valence-corrected chi connectivity index (χ1v) is 6.41. The molecule has 0 fully saturated rings. The molecule has 0 aliphatic heterocycles. The lowest BCUT2D eigenvalue weighted by Gasteiger charge is -2.30. The van der Waals surface area contributed by atoms with Crippen molar-refractivity contribution < 1.29 is 0 Å². The quantitative estimate of drug-likeness (QED) is 0.632. The van der Waals surface area contributed by atoms with E-state index in [1.807, 2.05) is 0 Å². The molecule has 2 atom stereocenters. The van der Waals surface area contributed by atoms with Crippen LogP contribution in [0, 0.1) is 17.8 Å². The van der Waals surface area contributed by atoms with Crippen LogP contribution in [0.25, 0.3) is 0 Å². The number of hydrogen-bond donors (Lipinski definition) is 1. The Labute approximate surface area is 90.5 Å². The fourth-order valence-corrected chi connectivity index (χ4v) is 2.75. The highest BCUT2D eigenvalue weighted by molar-refractivity contribution is 4.72. The highest BCUT2D eigenvalue weighted by Gasteiger charge is 2.22. The molecule has 0 radical (unpaired) electrons. The van der Waals surface area contributed by atoms with Gasteiger partial charge in [-0.2, -0.15) is 0 Å². The third kappa shape index (κ3) is 4.45. The maximum absolute atomic E-state index is 5.56. The van der Waals surface area contributed by atoms with Crippen LogP contribution in [-0.2, 0) is 0 Å². The summed E-state index contributed by atoms with van der Waals surface area (Å²) in [6.07, 6.45) is 6.51. The molecule has 0 saturated heterocycles. The summed E-state index contributed by atoms with van der Waals surface area (Å²) in [4.78, 5) is 0. The average molecular weight is 199 g/mol. The Balaban J connectivity index is 4.07. The first kappa shape index (κ1) is 14.0. The fraction of sp³-hybridized carbons (Fsp3) is 1.00. The van der Waals surface area contributed by atoms with Gasteiger partial charge in [0, 0.05) is 0 Å². The highest BCUT2D eigenvalue weighted by atomic mass is 14.5. The topological polar surface area (TPSA) is 26.0 Å². The summed E-state index contributed by atoms with van der Waals surface area (Å²) in [5, 5.41) is 0. The molecule has 0 spiro atoms. The predicted molar refractivity (Wildman–Crippen MR) is 65.3 cm³/mol. The van der Waals surface area contributed by atoms with Gasteiger partial charge in [0.2, 0.25) is 0 Å². The first-order chi connectivity index (χ1) is 6.71. The molecule has 0 aromatic heterocycles. The Bertz CT molecular complexity index is 118. The molecule has 0 aromatic rings. The molecule has 1 heteroatoms. The van der Waals surface area contributed by atoms with Gasteiger partial charge >= 0.3 is 0 Å².